The van der Waals surface area contributed by atoms with Crippen LogP contribution < -0.4 is 14.8 Å². The zero-order valence-corrected chi connectivity index (χ0v) is 17.2. The summed E-state index contributed by atoms with van der Waals surface area (Å²) >= 11 is 12.5. The van der Waals surface area contributed by atoms with Gasteiger partial charge in [-0.15, -0.1) is 0 Å². The lowest BCUT2D eigenvalue weighted by atomic mass is 10.2. The molecule has 0 atom stereocenters. The highest BCUT2D eigenvalue weighted by molar-refractivity contribution is 6.32. The van der Waals surface area contributed by atoms with Gasteiger partial charge in [0.15, 0.2) is 11.5 Å². The molecule has 27 heavy (non-hydrogen) atoms. The molecule has 0 aliphatic carbocycles. The summed E-state index contributed by atoms with van der Waals surface area (Å²) in [6.07, 6.45) is 2.90. The van der Waals surface area contributed by atoms with E-state index >= 15 is 0 Å². The van der Waals surface area contributed by atoms with Crippen LogP contribution in [0.25, 0.3) is 0 Å². The van der Waals surface area contributed by atoms with Gasteiger partial charge in [-0.3, -0.25) is 0 Å². The van der Waals surface area contributed by atoms with E-state index in [1.165, 1.54) is 0 Å². The molecule has 0 spiro atoms. The zero-order valence-electron chi connectivity index (χ0n) is 15.6. The van der Waals surface area contributed by atoms with E-state index < -0.39 is 0 Å². The number of nitrogens with one attached hydrogen (secondary N) is 1. The number of unbranched alkanes of at least 4 members (excludes halogenated alkanes) is 2. The SMILES string of the molecule is CCOc1cc(CNCCCCCO)cc(Cl)c1OCc1cccc(Cl)c1. The Balaban J connectivity index is 1.99. The number of ether oxygens (including phenoxy) is 2. The number of aliphatic hydroxyl groups excluding tert-OH is 1. The van der Waals surface area contributed by atoms with E-state index in [9.17, 15) is 0 Å². The Bertz CT molecular complexity index is 710. The maximum absolute atomic E-state index is 8.80. The van der Waals surface area contributed by atoms with Crippen LogP contribution in [0.5, 0.6) is 11.5 Å². The lowest BCUT2D eigenvalue weighted by molar-refractivity contribution is 0.269. The van der Waals surface area contributed by atoms with Crippen molar-refractivity contribution in [2.45, 2.75) is 39.3 Å². The second kappa shape index (κ2) is 12.1. The van der Waals surface area contributed by atoms with Gasteiger partial charge in [-0.05, 0) is 68.1 Å². The van der Waals surface area contributed by atoms with Crippen LogP contribution in [0.4, 0.5) is 0 Å². The van der Waals surface area contributed by atoms with Crippen LogP contribution in [0, 0.1) is 0 Å². The molecule has 6 heteroatoms. The molecule has 0 aliphatic rings. The third kappa shape index (κ3) is 7.59. The second-order valence-corrected chi connectivity index (χ2v) is 7.06. The van der Waals surface area contributed by atoms with Crippen molar-refractivity contribution in [2.75, 3.05) is 19.8 Å². The molecule has 2 aromatic rings. The lowest BCUT2D eigenvalue weighted by Crippen LogP contribution is -2.15. The molecule has 2 rings (SSSR count). The molecular formula is C21H27Cl2NO3. The Kier molecular flexibility index (Phi) is 9.78. The Morgan fingerprint density at radius 3 is 2.59 bits per heavy atom. The van der Waals surface area contributed by atoms with Gasteiger partial charge in [-0.2, -0.15) is 0 Å². The minimum atomic E-state index is 0.254. The highest BCUT2D eigenvalue weighted by atomic mass is 35.5. The Hall–Kier alpha value is -1.46. The van der Waals surface area contributed by atoms with Crippen molar-refractivity contribution >= 4 is 23.2 Å². The van der Waals surface area contributed by atoms with Gasteiger partial charge >= 0.3 is 0 Å². The smallest absolute Gasteiger partial charge is 0.180 e. The first kappa shape index (κ1) is 21.8. The monoisotopic (exact) mass is 411 g/mol. The molecule has 0 saturated carbocycles. The summed E-state index contributed by atoms with van der Waals surface area (Å²) in [6.45, 7) is 4.68. The molecule has 148 valence electrons. The summed E-state index contributed by atoms with van der Waals surface area (Å²) in [5.74, 6) is 1.19. The van der Waals surface area contributed by atoms with Crippen molar-refractivity contribution in [3.63, 3.8) is 0 Å². The van der Waals surface area contributed by atoms with Crippen LogP contribution in [-0.2, 0) is 13.2 Å². The van der Waals surface area contributed by atoms with Crippen LogP contribution in [0.15, 0.2) is 36.4 Å². The summed E-state index contributed by atoms with van der Waals surface area (Å²) < 4.78 is 11.7. The minimum absolute atomic E-state index is 0.254. The zero-order chi connectivity index (χ0) is 19.5. The van der Waals surface area contributed by atoms with Crippen LogP contribution in [-0.4, -0.2) is 24.9 Å². The molecule has 0 fully saturated rings. The van der Waals surface area contributed by atoms with Gasteiger partial charge in [0.1, 0.15) is 6.61 Å². The largest absolute Gasteiger partial charge is 0.490 e. The van der Waals surface area contributed by atoms with Crippen LogP contribution >= 0.6 is 23.2 Å². The second-order valence-electron chi connectivity index (χ2n) is 6.22. The van der Waals surface area contributed by atoms with Crippen LogP contribution in [0.1, 0.15) is 37.3 Å². The first-order valence-corrected chi connectivity index (χ1v) is 10.0. The van der Waals surface area contributed by atoms with E-state index in [4.69, 9.17) is 37.8 Å². The van der Waals surface area contributed by atoms with Crippen molar-refractivity contribution in [1.82, 2.24) is 5.32 Å². The van der Waals surface area contributed by atoms with Crippen molar-refractivity contribution < 1.29 is 14.6 Å². The maximum Gasteiger partial charge on any atom is 0.180 e. The molecular weight excluding hydrogens is 385 g/mol. The van der Waals surface area contributed by atoms with Crippen molar-refractivity contribution in [3.05, 3.63) is 57.6 Å². The van der Waals surface area contributed by atoms with E-state index in [1.807, 2.05) is 43.3 Å². The Labute approximate surface area is 171 Å². The van der Waals surface area contributed by atoms with E-state index in [0.717, 1.165) is 36.9 Å². The van der Waals surface area contributed by atoms with Gasteiger partial charge in [-0.1, -0.05) is 35.3 Å². The van der Waals surface area contributed by atoms with Crippen LogP contribution in [0.2, 0.25) is 10.0 Å². The molecule has 0 saturated heterocycles. The number of hydrogen-bond donors (Lipinski definition) is 2. The molecule has 2 aromatic carbocycles. The van der Waals surface area contributed by atoms with Crippen LogP contribution in [0.3, 0.4) is 0 Å². The highest BCUT2D eigenvalue weighted by Crippen LogP contribution is 2.37. The van der Waals surface area contributed by atoms with Gasteiger partial charge in [-0.25, -0.2) is 0 Å². The highest BCUT2D eigenvalue weighted by Gasteiger charge is 2.13. The third-order valence-electron chi connectivity index (χ3n) is 3.98. The van der Waals surface area contributed by atoms with Gasteiger partial charge in [0.05, 0.1) is 11.6 Å². The molecule has 0 bridgehead atoms. The molecule has 0 heterocycles. The first-order valence-electron chi connectivity index (χ1n) is 9.28. The fraction of sp³-hybridized carbons (Fsp3) is 0.429. The summed E-state index contributed by atoms with van der Waals surface area (Å²) in [6, 6.07) is 11.4. The summed E-state index contributed by atoms with van der Waals surface area (Å²) in [5, 5.41) is 13.4. The standard InChI is InChI=1S/C21H27Cl2NO3/c1-2-26-20-13-17(14-24-9-4-3-5-10-25)12-19(23)21(20)27-15-16-7-6-8-18(22)11-16/h6-8,11-13,24-25H,2-5,9-10,14-15H2,1H3. The molecule has 0 aliphatic heterocycles. The summed E-state index contributed by atoms with van der Waals surface area (Å²) in [4.78, 5) is 0. The maximum atomic E-state index is 8.80. The first-order chi connectivity index (χ1) is 13.1. The van der Waals surface area contributed by atoms with E-state index in [1.54, 1.807) is 0 Å². The van der Waals surface area contributed by atoms with E-state index in [2.05, 4.69) is 5.32 Å². The summed E-state index contributed by atoms with van der Waals surface area (Å²) in [7, 11) is 0. The number of halogens is 2. The third-order valence-corrected chi connectivity index (χ3v) is 4.50. The normalized spacial score (nSPS) is 10.8. The van der Waals surface area contributed by atoms with E-state index in [0.29, 0.717) is 41.3 Å². The average Bonchev–Trinajstić information content (AvgIpc) is 2.64. The molecule has 0 aromatic heterocycles. The molecule has 0 amide bonds. The topological polar surface area (TPSA) is 50.7 Å². The molecule has 0 unspecified atom stereocenters. The number of aliphatic hydroxyl groups is 1. The lowest BCUT2D eigenvalue weighted by Gasteiger charge is -2.16. The molecule has 0 radical (unpaired) electrons. The average molecular weight is 412 g/mol. The fourth-order valence-corrected chi connectivity index (χ4v) is 3.18. The Morgan fingerprint density at radius 1 is 1.00 bits per heavy atom. The summed E-state index contributed by atoms with van der Waals surface area (Å²) in [5.41, 5.74) is 2.01. The molecule has 4 nitrogen and oxygen atoms in total. The van der Waals surface area contributed by atoms with Gasteiger partial charge in [0.25, 0.3) is 0 Å². The van der Waals surface area contributed by atoms with Gasteiger partial charge in [0, 0.05) is 18.2 Å². The molecule has 2 N–H and O–H groups in total. The predicted molar refractivity (Wildman–Crippen MR) is 111 cm³/mol. The van der Waals surface area contributed by atoms with Crippen molar-refractivity contribution in [3.8, 4) is 11.5 Å². The Morgan fingerprint density at radius 2 is 1.85 bits per heavy atom. The van der Waals surface area contributed by atoms with Crippen molar-refractivity contribution in [1.29, 1.82) is 0 Å². The van der Waals surface area contributed by atoms with E-state index in [-0.39, 0.29) is 6.61 Å². The van der Waals surface area contributed by atoms with Crippen molar-refractivity contribution in [2.24, 2.45) is 0 Å². The van der Waals surface area contributed by atoms with Gasteiger partial charge in [0.2, 0.25) is 0 Å². The number of benzene rings is 2. The number of rotatable bonds is 12. The predicted octanol–water partition coefficient (Wildman–Crippen LogP) is 5.22. The number of hydrogen-bond acceptors (Lipinski definition) is 4. The van der Waals surface area contributed by atoms with Gasteiger partial charge < -0.3 is 19.9 Å². The minimum Gasteiger partial charge on any atom is -0.490 e. The quantitative estimate of drug-likeness (QED) is 0.469. The fourth-order valence-electron chi connectivity index (χ4n) is 2.68.